The van der Waals surface area contributed by atoms with Gasteiger partial charge in [0.25, 0.3) is 11.6 Å². The maximum absolute atomic E-state index is 11.9. The Morgan fingerprint density at radius 1 is 1.04 bits per heavy atom. The number of carbonyl (C=O) groups excluding carboxylic acids is 2. The van der Waals surface area contributed by atoms with Crippen LogP contribution in [0.2, 0.25) is 0 Å². The molecule has 0 unspecified atom stereocenters. The van der Waals surface area contributed by atoms with Gasteiger partial charge in [-0.3, -0.25) is 14.9 Å². The van der Waals surface area contributed by atoms with E-state index in [0.717, 1.165) is 11.1 Å². The number of ether oxygens (including phenoxy) is 2. The van der Waals surface area contributed by atoms with Gasteiger partial charge in [0.2, 0.25) is 0 Å². The predicted molar refractivity (Wildman–Crippen MR) is 98.8 cm³/mol. The van der Waals surface area contributed by atoms with Crippen LogP contribution in [0.4, 0.5) is 11.4 Å². The third-order valence-corrected chi connectivity index (χ3v) is 3.76. The predicted octanol–water partition coefficient (Wildman–Crippen LogP) is 3.08. The average molecular weight is 372 g/mol. The topological polar surface area (TPSA) is 108 Å². The Hall–Kier alpha value is -3.42. The second kappa shape index (κ2) is 8.79. The molecule has 0 saturated heterocycles. The highest BCUT2D eigenvalue weighted by Gasteiger charge is 2.13. The summed E-state index contributed by atoms with van der Waals surface area (Å²) in [5.74, 6) is -0.718. The molecule has 8 heteroatoms. The van der Waals surface area contributed by atoms with Crippen LogP contribution in [0.25, 0.3) is 0 Å². The van der Waals surface area contributed by atoms with Gasteiger partial charge in [0.1, 0.15) is 5.75 Å². The quantitative estimate of drug-likeness (QED) is 0.455. The summed E-state index contributed by atoms with van der Waals surface area (Å²) in [5, 5.41) is 13.3. The van der Waals surface area contributed by atoms with E-state index in [1.165, 1.54) is 18.2 Å². The zero-order valence-corrected chi connectivity index (χ0v) is 15.3. The van der Waals surface area contributed by atoms with Gasteiger partial charge in [0.15, 0.2) is 13.2 Å². The zero-order valence-electron chi connectivity index (χ0n) is 15.3. The molecule has 0 atom stereocenters. The van der Waals surface area contributed by atoms with Crippen molar-refractivity contribution in [3.05, 3.63) is 63.2 Å². The van der Waals surface area contributed by atoms with E-state index in [4.69, 9.17) is 9.47 Å². The second-order valence-electron chi connectivity index (χ2n) is 6.02. The lowest BCUT2D eigenvalue weighted by Crippen LogP contribution is -2.24. The molecule has 0 aliphatic heterocycles. The van der Waals surface area contributed by atoms with Crippen molar-refractivity contribution in [3.8, 4) is 5.75 Å². The number of anilines is 1. The minimum atomic E-state index is -0.693. The van der Waals surface area contributed by atoms with Crippen molar-refractivity contribution >= 4 is 23.3 Å². The van der Waals surface area contributed by atoms with Gasteiger partial charge in [-0.1, -0.05) is 18.2 Å². The number of hydrogen-bond donors (Lipinski definition) is 1. The fraction of sp³-hybridized carbons (Fsp3) is 0.263. The molecule has 0 fully saturated rings. The van der Waals surface area contributed by atoms with E-state index in [0.29, 0.717) is 11.3 Å². The summed E-state index contributed by atoms with van der Waals surface area (Å²) in [6, 6.07) is 9.73. The molecule has 0 aromatic heterocycles. The minimum absolute atomic E-state index is 0.144. The van der Waals surface area contributed by atoms with Crippen LogP contribution in [0.1, 0.15) is 16.7 Å². The van der Waals surface area contributed by atoms with Crippen LogP contribution in [0.3, 0.4) is 0 Å². The molecule has 0 heterocycles. The van der Waals surface area contributed by atoms with Crippen LogP contribution in [0, 0.1) is 30.9 Å². The lowest BCUT2D eigenvalue weighted by Gasteiger charge is -2.11. The van der Waals surface area contributed by atoms with Crippen molar-refractivity contribution < 1.29 is 24.0 Å². The molecule has 1 N–H and O–H groups in total. The lowest BCUT2D eigenvalue weighted by atomic mass is 10.1. The number of amides is 1. The molecule has 0 bridgehead atoms. The van der Waals surface area contributed by atoms with Crippen molar-refractivity contribution in [3.63, 3.8) is 0 Å². The summed E-state index contributed by atoms with van der Waals surface area (Å²) < 4.78 is 10.3. The molecule has 0 aliphatic rings. The molecule has 2 aromatic carbocycles. The smallest absolute Gasteiger partial charge is 0.344 e. The van der Waals surface area contributed by atoms with Crippen LogP contribution in [0.15, 0.2) is 36.4 Å². The second-order valence-corrected chi connectivity index (χ2v) is 6.02. The first-order valence-corrected chi connectivity index (χ1v) is 8.17. The maximum Gasteiger partial charge on any atom is 0.344 e. The Balaban J connectivity index is 1.85. The van der Waals surface area contributed by atoms with Crippen molar-refractivity contribution in [2.45, 2.75) is 20.8 Å². The van der Waals surface area contributed by atoms with Gasteiger partial charge in [0.05, 0.1) is 10.6 Å². The first kappa shape index (κ1) is 19.9. The lowest BCUT2D eigenvalue weighted by molar-refractivity contribution is -0.384. The highest BCUT2D eigenvalue weighted by atomic mass is 16.6. The van der Waals surface area contributed by atoms with Gasteiger partial charge in [-0.2, -0.15) is 0 Å². The third kappa shape index (κ3) is 5.81. The molecule has 27 heavy (non-hydrogen) atoms. The van der Waals surface area contributed by atoms with E-state index >= 15 is 0 Å². The van der Waals surface area contributed by atoms with Gasteiger partial charge < -0.3 is 14.8 Å². The number of nitro groups is 1. The van der Waals surface area contributed by atoms with Gasteiger partial charge in [-0.15, -0.1) is 0 Å². The van der Waals surface area contributed by atoms with Gasteiger partial charge in [-0.05, 0) is 43.5 Å². The summed E-state index contributed by atoms with van der Waals surface area (Å²) in [7, 11) is 0. The highest BCUT2D eigenvalue weighted by Crippen LogP contribution is 2.22. The fourth-order valence-electron chi connectivity index (χ4n) is 2.23. The van der Waals surface area contributed by atoms with Crippen molar-refractivity contribution in [2.24, 2.45) is 0 Å². The Morgan fingerprint density at radius 2 is 1.74 bits per heavy atom. The zero-order chi connectivity index (χ0) is 20.0. The number of carbonyl (C=O) groups is 2. The molecule has 0 saturated carbocycles. The number of nitrogens with zero attached hydrogens (tertiary/aromatic N) is 1. The summed E-state index contributed by atoms with van der Waals surface area (Å²) in [4.78, 5) is 33.9. The number of nitro benzene ring substituents is 1. The van der Waals surface area contributed by atoms with Gasteiger partial charge >= 0.3 is 5.97 Å². The molecule has 8 nitrogen and oxygen atoms in total. The minimum Gasteiger partial charge on any atom is -0.482 e. The van der Waals surface area contributed by atoms with Crippen molar-refractivity contribution in [1.29, 1.82) is 0 Å². The normalized spacial score (nSPS) is 10.2. The number of non-ortho nitro benzene ring substituents is 1. The molecule has 0 radical (unpaired) electrons. The first-order valence-electron chi connectivity index (χ1n) is 8.17. The Labute approximate surface area is 156 Å². The summed E-state index contributed by atoms with van der Waals surface area (Å²) in [6.07, 6.45) is 0. The van der Waals surface area contributed by atoms with Crippen LogP contribution in [-0.2, 0) is 14.3 Å². The number of aryl methyl sites for hydroxylation is 3. The standard InChI is InChI=1S/C19H20N2O6/c1-12-4-5-14(3)17(8-12)26-11-19(23)27-10-18(22)20-16-9-15(21(24)25)7-6-13(16)2/h4-9H,10-11H2,1-3H3,(H,20,22). The Kier molecular flexibility index (Phi) is 6.48. The van der Waals surface area contributed by atoms with Crippen molar-refractivity contribution in [2.75, 3.05) is 18.5 Å². The summed E-state index contributed by atoms with van der Waals surface area (Å²) >= 11 is 0. The van der Waals surface area contributed by atoms with E-state index in [1.54, 1.807) is 13.0 Å². The van der Waals surface area contributed by atoms with Crippen molar-refractivity contribution in [1.82, 2.24) is 0 Å². The molecule has 1 amide bonds. The van der Waals surface area contributed by atoms with Crippen LogP contribution >= 0.6 is 0 Å². The number of benzene rings is 2. The largest absolute Gasteiger partial charge is 0.482 e. The molecule has 0 aliphatic carbocycles. The number of nitrogens with one attached hydrogen (secondary N) is 1. The molecule has 142 valence electrons. The number of esters is 1. The van der Waals surface area contributed by atoms with E-state index in [-0.39, 0.29) is 18.0 Å². The Bertz CT molecular complexity index is 878. The van der Waals surface area contributed by atoms with Gasteiger partial charge in [0, 0.05) is 12.1 Å². The molecule has 0 spiro atoms. The first-order chi connectivity index (χ1) is 12.8. The summed E-state index contributed by atoms with van der Waals surface area (Å²) in [6.45, 7) is 4.62. The fourth-order valence-corrected chi connectivity index (χ4v) is 2.23. The number of rotatable bonds is 7. The molecule has 2 aromatic rings. The molecule has 2 rings (SSSR count). The SMILES string of the molecule is Cc1ccc(C)c(OCC(=O)OCC(=O)Nc2cc([N+](=O)[O-])ccc2C)c1. The average Bonchev–Trinajstić information content (AvgIpc) is 2.62. The third-order valence-electron chi connectivity index (χ3n) is 3.76. The van der Waals surface area contributed by atoms with Crippen LogP contribution in [-0.4, -0.2) is 30.0 Å². The van der Waals surface area contributed by atoms with E-state index < -0.39 is 23.4 Å². The van der Waals surface area contributed by atoms with E-state index in [9.17, 15) is 19.7 Å². The highest BCUT2D eigenvalue weighted by molar-refractivity contribution is 5.93. The monoisotopic (exact) mass is 372 g/mol. The van der Waals surface area contributed by atoms with E-state index in [2.05, 4.69) is 5.32 Å². The number of hydrogen-bond acceptors (Lipinski definition) is 6. The van der Waals surface area contributed by atoms with Crippen LogP contribution < -0.4 is 10.1 Å². The summed E-state index contributed by atoms with van der Waals surface area (Å²) in [5.41, 5.74) is 2.67. The van der Waals surface area contributed by atoms with Crippen LogP contribution in [0.5, 0.6) is 5.75 Å². The van der Waals surface area contributed by atoms with Gasteiger partial charge in [-0.25, -0.2) is 4.79 Å². The molecular formula is C19H20N2O6. The molecular weight excluding hydrogens is 352 g/mol. The maximum atomic E-state index is 11.9. The van der Waals surface area contributed by atoms with E-state index in [1.807, 2.05) is 26.0 Å². The Morgan fingerprint density at radius 3 is 2.44 bits per heavy atom.